The third kappa shape index (κ3) is 3.56. The monoisotopic (exact) mass is 298 g/mol. The summed E-state index contributed by atoms with van der Waals surface area (Å²) >= 11 is 1.98. The number of carbonyl (C=O) groups is 1. The SMILES string of the molecule is O=C(CN1CCCNCC1)C1CCOC2(CCSC2)C1. The maximum atomic E-state index is 12.6. The van der Waals surface area contributed by atoms with E-state index in [9.17, 15) is 4.79 Å². The van der Waals surface area contributed by atoms with E-state index in [2.05, 4.69) is 10.2 Å². The first kappa shape index (κ1) is 14.8. The number of Topliss-reactive ketones (excluding diaryl/α,β-unsaturated/α-hetero) is 1. The molecule has 3 saturated heterocycles. The Morgan fingerprint density at radius 3 is 3.20 bits per heavy atom. The lowest BCUT2D eigenvalue weighted by Gasteiger charge is -2.37. The fraction of sp³-hybridized carbons (Fsp3) is 0.933. The van der Waals surface area contributed by atoms with Gasteiger partial charge in [0.2, 0.25) is 0 Å². The lowest BCUT2D eigenvalue weighted by atomic mass is 9.83. The van der Waals surface area contributed by atoms with E-state index in [0.717, 1.165) is 64.2 Å². The van der Waals surface area contributed by atoms with Crippen molar-refractivity contribution in [1.82, 2.24) is 10.2 Å². The Morgan fingerprint density at radius 1 is 1.40 bits per heavy atom. The number of ketones is 1. The zero-order valence-electron chi connectivity index (χ0n) is 12.2. The summed E-state index contributed by atoms with van der Waals surface area (Å²) in [7, 11) is 0. The average Bonchev–Trinajstić information content (AvgIpc) is 2.74. The Morgan fingerprint density at radius 2 is 2.35 bits per heavy atom. The highest BCUT2D eigenvalue weighted by atomic mass is 32.2. The number of nitrogens with zero attached hydrogens (tertiary/aromatic N) is 1. The second-order valence-electron chi connectivity index (χ2n) is 6.37. The standard InChI is InChI=1S/C15H26N2O2S/c18-14(11-17-6-1-4-16-5-7-17)13-2-8-19-15(10-13)3-9-20-12-15/h13,16H,1-12H2. The van der Waals surface area contributed by atoms with Crippen molar-refractivity contribution in [3.8, 4) is 0 Å². The number of hydrogen-bond donors (Lipinski definition) is 1. The highest BCUT2D eigenvalue weighted by Crippen LogP contribution is 2.40. The van der Waals surface area contributed by atoms with Gasteiger partial charge in [-0.1, -0.05) is 0 Å². The first-order valence-electron chi connectivity index (χ1n) is 7.95. The van der Waals surface area contributed by atoms with Crippen molar-refractivity contribution in [2.75, 3.05) is 50.8 Å². The summed E-state index contributed by atoms with van der Waals surface area (Å²) in [5.74, 6) is 2.97. The molecule has 3 aliphatic heterocycles. The molecule has 3 aliphatic rings. The van der Waals surface area contributed by atoms with Gasteiger partial charge in [-0.3, -0.25) is 9.69 Å². The molecule has 1 spiro atoms. The van der Waals surface area contributed by atoms with Crippen LogP contribution in [0.3, 0.4) is 0 Å². The molecule has 3 rings (SSSR count). The highest BCUT2D eigenvalue weighted by molar-refractivity contribution is 7.99. The molecule has 5 heteroatoms. The van der Waals surface area contributed by atoms with Gasteiger partial charge in [-0.05, 0) is 44.5 Å². The molecule has 2 unspecified atom stereocenters. The summed E-state index contributed by atoms with van der Waals surface area (Å²) < 4.78 is 6.02. The van der Waals surface area contributed by atoms with Gasteiger partial charge < -0.3 is 10.1 Å². The molecule has 3 heterocycles. The summed E-state index contributed by atoms with van der Waals surface area (Å²) in [5, 5.41) is 3.39. The zero-order chi connectivity index (χ0) is 13.8. The van der Waals surface area contributed by atoms with Gasteiger partial charge in [-0.2, -0.15) is 11.8 Å². The minimum Gasteiger partial charge on any atom is -0.374 e. The fourth-order valence-electron chi connectivity index (χ4n) is 3.58. The van der Waals surface area contributed by atoms with Crippen molar-refractivity contribution in [2.45, 2.75) is 31.3 Å². The van der Waals surface area contributed by atoms with Crippen LogP contribution in [0.2, 0.25) is 0 Å². The van der Waals surface area contributed by atoms with E-state index in [1.54, 1.807) is 0 Å². The van der Waals surface area contributed by atoms with Crippen molar-refractivity contribution in [1.29, 1.82) is 0 Å². The smallest absolute Gasteiger partial charge is 0.150 e. The molecule has 114 valence electrons. The van der Waals surface area contributed by atoms with Gasteiger partial charge in [0, 0.05) is 31.4 Å². The summed E-state index contributed by atoms with van der Waals surface area (Å²) in [6.07, 6.45) is 4.18. The Labute approximate surface area is 126 Å². The van der Waals surface area contributed by atoms with Gasteiger partial charge in [0.25, 0.3) is 0 Å². The van der Waals surface area contributed by atoms with Gasteiger partial charge in [0.15, 0.2) is 0 Å². The van der Waals surface area contributed by atoms with Crippen LogP contribution >= 0.6 is 11.8 Å². The molecule has 0 aromatic rings. The van der Waals surface area contributed by atoms with Crippen LogP contribution in [0, 0.1) is 5.92 Å². The predicted octanol–water partition coefficient (Wildman–Crippen LogP) is 1.15. The van der Waals surface area contributed by atoms with Crippen molar-refractivity contribution in [3.05, 3.63) is 0 Å². The minimum atomic E-state index is 0.0313. The number of nitrogens with one attached hydrogen (secondary N) is 1. The number of rotatable bonds is 3. The number of hydrogen-bond acceptors (Lipinski definition) is 5. The molecule has 1 N–H and O–H groups in total. The lowest BCUT2D eigenvalue weighted by molar-refractivity contribution is -0.135. The van der Waals surface area contributed by atoms with Gasteiger partial charge in [0.1, 0.15) is 5.78 Å². The molecule has 0 saturated carbocycles. The third-order valence-corrected chi connectivity index (χ3v) is 6.05. The van der Waals surface area contributed by atoms with Crippen LogP contribution < -0.4 is 5.32 Å². The molecule has 2 atom stereocenters. The van der Waals surface area contributed by atoms with E-state index in [1.165, 1.54) is 5.75 Å². The Hall–Kier alpha value is -0.100. The summed E-state index contributed by atoms with van der Waals surface area (Å²) in [6.45, 7) is 5.59. The van der Waals surface area contributed by atoms with E-state index in [1.807, 2.05) is 11.8 Å². The van der Waals surface area contributed by atoms with Crippen LogP contribution in [0.5, 0.6) is 0 Å². The fourth-order valence-corrected chi connectivity index (χ4v) is 4.95. The first-order chi connectivity index (χ1) is 9.77. The maximum Gasteiger partial charge on any atom is 0.150 e. The third-order valence-electron chi connectivity index (χ3n) is 4.83. The van der Waals surface area contributed by atoms with Crippen LogP contribution in [-0.2, 0) is 9.53 Å². The van der Waals surface area contributed by atoms with Crippen LogP contribution in [-0.4, -0.2) is 67.1 Å². The van der Waals surface area contributed by atoms with Gasteiger partial charge >= 0.3 is 0 Å². The highest BCUT2D eigenvalue weighted by Gasteiger charge is 2.42. The van der Waals surface area contributed by atoms with E-state index in [4.69, 9.17) is 4.74 Å². The van der Waals surface area contributed by atoms with Crippen LogP contribution in [0.15, 0.2) is 0 Å². The van der Waals surface area contributed by atoms with Crippen LogP contribution in [0.1, 0.15) is 25.7 Å². The van der Waals surface area contributed by atoms with E-state index >= 15 is 0 Å². The Bertz CT molecular complexity index is 337. The molecule has 4 nitrogen and oxygen atoms in total. The molecule has 0 aliphatic carbocycles. The van der Waals surface area contributed by atoms with Gasteiger partial charge in [0.05, 0.1) is 12.1 Å². The molecule has 0 bridgehead atoms. The lowest BCUT2D eigenvalue weighted by Crippen LogP contribution is -2.44. The normalized spacial score (nSPS) is 36.1. The zero-order valence-corrected chi connectivity index (χ0v) is 13.1. The average molecular weight is 298 g/mol. The second kappa shape index (κ2) is 6.77. The van der Waals surface area contributed by atoms with Crippen LogP contribution in [0.25, 0.3) is 0 Å². The van der Waals surface area contributed by atoms with Gasteiger partial charge in [-0.25, -0.2) is 0 Å². The molecular weight excluding hydrogens is 272 g/mol. The second-order valence-corrected chi connectivity index (χ2v) is 7.47. The summed E-state index contributed by atoms with van der Waals surface area (Å²) in [5.41, 5.74) is 0.0313. The number of ether oxygens (including phenoxy) is 1. The Balaban J connectivity index is 1.53. The van der Waals surface area contributed by atoms with Crippen LogP contribution in [0.4, 0.5) is 0 Å². The predicted molar refractivity (Wildman–Crippen MR) is 82.3 cm³/mol. The number of carbonyl (C=O) groups excluding carboxylic acids is 1. The molecular formula is C15H26N2O2S. The summed E-state index contributed by atoms with van der Waals surface area (Å²) in [6, 6.07) is 0. The van der Waals surface area contributed by atoms with Crippen molar-refractivity contribution < 1.29 is 9.53 Å². The quantitative estimate of drug-likeness (QED) is 0.847. The van der Waals surface area contributed by atoms with E-state index in [0.29, 0.717) is 12.3 Å². The molecule has 0 aromatic heterocycles. The van der Waals surface area contributed by atoms with Crippen molar-refractivity contribution in [3.63, 3.8) is 0 Å². The topological polar surface area (TPSA) is 41.6 Å². The first-order valence-corrected chi connectivity index (χ1v) is 9.10. The largest absolute Gasteiger partial charge is 0.374 e. The summed E-state index contributed by atoms with van der Waals surface area (Å²) in [4.78, 5) is 14.9. The minimum absolute atomic E-state index is 0.0313. The van der Waals surface area contributed by atoms with E-state index < -0.39 is 0 Å². The molecule has 0 amide bonds. The van der Waals surface area contributed by atoms with E-state index in [-0.39, 0.29) is 11.5 Å². The van der Waals surface area contributed by atoms with Crippen molar-refractivity contribution in [2.24, 2.45) is 5.92 Å². The molecule has 0 radical (unpaired) electrons. The molecule has 20 heavy (non-hydrogen) atoms. The molecule has 0 aromatic carbocycles. The van der Waals surface area contributed by atoms with Gasteiger partial charge in [-0.15, -0.1) is 0 Å². The Kier molecular flexibility index (Phi) is 5.02. The maximum absolute atomic E-state index is 12.6. The van der Waals surface area contributed by atoms with Crippen molar-refractivity contribution >= 4 is 17.5 Å². The molecule has 3 fully saturated rings. The number of thioether (sulfide) groups is 1.